The molecule has 0 bridgehead atoms. The van der Waals surface area contributed by atoms with Gasteiger partial charge in [0.25, 0.3) is 0 Å². The van der Waals surface area contributed by atoms with Crippen molar-refractivity contribution in [3.05, 3.63) is 23.3 Å². The highest BCUT2D eigenvalue weighted by Gasteiger charge is 2.13. The van der Waals surface area contributed by atoms with Crippen molar-refractivity contribution in [3.8, 4) is 0 Å². The van der Waals surface area contributed by atoms with Crippen LogP contribution in [0, 0.1) is 5.92 Å². The molecular weight excluding hydrogens is 208 g/mol. The zero-order valence-electron chi connectivity index (χ0n) is 9.30. The maximum Gasteiger partial charge on any atom is 0.355 e. The monoisotopic (exact) mass is 222 g/mol. The lowest BCUT2D eigenvalue weighted by atomic mass is 10.1. The number of aromatic carboxylic acids is 1. The molecule has 5 heteroatoms. The van der Waals surface area contributed by atoms with Gasteiger partial charge in [0.1, 0.15) is 5.82 Å². The van der Waals surface area contributed by atoms with Crippen LogP contribution in [-0.4, -0.2) is 27.3 Å². The Kier molecular flexibility index (Phi) is 4.10. The predicted octanol–water partition coefficient (Wildman–Crippen LogP) is 1.58. The summed E-state index contributed by atoms with van der Waals surface area (Å²) in [6, 6.07) is 0. The van der Waals surface area contributed by atoms with Gasteiger partial charge < -0.3 is 5.11 Å². The molecule has 0 atom stereocenters. The molecule has 0 saturated carbocycles. The minimum atomic E-state index is -1.20. The number of aromatic nitrogens is 2. The zero-order valence-corrected chi connectivity index (χ0v) is 9.30. The van der Waals surface area contributed by atoms with Crippen LogP contribution in [0.1, 0.15) is 46.9 Å². The van der Waals surface area contributed by atoms with Gasteiger partial charge in [-0.05, 0) is 12.3 Å². The highest BCUT2D eigenvalue weighted by atomic mass is 16.4. The molecule has 0 aliphatic heterocycles. The first-order valence-electron chi connectivity index (χ1n) is 5.09. The molecular formula is C11H14N2O3. The van der Waals surface area contributed by atoms with Crippen LogP contribution in [0.3, 0.4) is 0 Å². The van der Waals surface area contributed by atoms with E-state index >= 15 is 0 Å². The van der Waals surface area contributed by atoms with Gasteiger partial charge in [-0.3, -0.25) is 4.79 Å². The molecule has 0 amide bonds. The second-order valence-electron chi connectivity index (χ2n) is 3.95. The van der Waals surface area contributed by atoms with Crippen molar-refractivity contribution < 1.29 is 14.7 Å². The summed E-state index contributed by atoms with van der Waals surface area (Å²) in [5.41, 5.74) is -0.204. The van der Waals surface area contributed by atoms with E-state index < -0.39 is 5.97 Å². The molecule has 0 aliphatic rings. The Morgan fingerprint density at radius 1 is 1.56 bits per heavy atom. The maximum absolute atomic E-state index is 10.8. The molecule has 0 spiro atoms. The second kappa shape index (κ2) is 5.34. The van der Waals surface area contributed by atoms with Gasteiger partial charge in [0, 0.05) is 12.6 Å². The number of aryl methyl sites for hydroxylation is 1. The smallest absolute Gasteiger partial charge is 0.355 e. The van der Waals surface area contributed by atoms with Gasteiger partial charge in [0.2, 0.25) is 0 Å². The van der Waals surface area contributed by atoms with Gasteiger partial charge in [-0.25, -0.2) is 14.8 Å². The third kappa shape index (κ3) is 3.12. The molecule has 1 heterocycles. The number of carbonyl (C=O) groups is 2. The Labute approximate surface area is 93.5 Å². The molecule has 86 valence electrons. The standard InChI is InChI=1S/C11H14N2O3/c1-7(2)3-4-9-12-5-8(6-14)10(13-9)11(15)16/h5-7H,3-4H2,1-2H3,(H,15,16). The lowest BCUT2D eigenvalue weighted by Crippen LogP contribution is -2.10. The van der Waals surface area contributed by atoms with Crippen molar-refractivity contribution in [1.82, 2.24) is 9.97 Å². The molecule has 0 radical (unpaired) electrons. The van der Waals surface area contributed by atoms with E-state index in [4.69, 9.17) is 5.11 Å². The fraction of sp³-hybridized carbons (Fsp3) is 0.455. The maximum atomic E-state index is 10.8. The van der Waals surface area contributed by atoms with Crippen LogP contribution in [0.25, 0.3) is 0 Å². The van der Waals surface area contributed by atoms with Gasteiger partial charge in [-0.2, -0.15) is 0 Å². The van der Waals surface area contributed by atoms with Crippen molar-refractivity contribution in [3.63, 3.8) is 0 Å². The summed E-state index contributed by atoms with van der Waals surface area (Å²) in [5, 5.41) is 8.85. The van der Waals surface area contributed by atoms with Gasteiger partial charge in [0.05, 0.1) is 5.56 Å². The van der Waals surface area contributed by atoms with Crippen molar-refractivity contribution in [2.45, 2.75) is 26.7 Å². The minimum Gasteiger partial charge on any atom is -0.476 e. The number of hydrogen-bond donors (Lipinski definition) is 1. The molecule has 5 nitrogen and oxygen atoms in total. The summed E-state index contributed by atoms with van der Waals surface area (Å²) in [6.07, 6.45) is 3.23. The van der Waals surface area contributed by atoms with Gasteiger partial charge in [0.15, 0.2) is 12.0 Å². The van der Waals surface area contributed by atoms with E-state index in [2.05, 4.69) is 23.8 Å². The predicted molar refractivity (Wildman–Crippen MR) is 57.5 cm³/mol. The molecule has 0 saturated heterocycles. The number of carboxylic acid groups (broad SMARTS) is 1. The first kappa shape index (κ1) is 12.3. The molecule has 1 aromatic heterocycles. The average molecular weight is 222 g/mol. The van der Waals surface area contributed by atoms with Crippen LogP contribution in [0.4, 0.5) is 0 Å². The van der Waals surface area contributed by atoms with E-state index in [1.807, 2.05) is 0 Å². The Balaban J connectivity index is 2.93. The van der Waals surface area contributed by atoms with Crippen molar-refractivity contribution >= 4 is 12.3 Å². The van der Waals surface area contributed by atoms with Crippen molar-refractivity contribution in [1.29, 1.82) is 0 Å². The number of aldehydes is 1. The van der Waals surface area contributed by atoms with Crippen molar-refractivity contribution in [2.24, 2.45) is 5.92 Å². The Hall–Kier alpha value is -1.78. The number of hydrogen-bond acceptors (Lipinski definition) is 4. The van der Waals surface area contributed by atoms with Crippen LogP contribution < -0.4 is 0 Å². The van der Waals surface area contributed by atoms with E-state index in [0.717, 1.165) is 6.42 Å². The van der Waals surface area contributed by atoms with Crippen LogP contribution in [0.5, 0.6) is 0 Å². The fourth-order valence-electron chi connectivity index (χ4n) is 1.22. The SMILES string of the molecule is CC(C)CCc1ncc(C=O)c(C(=O)O)n1. The lowest BCUT2D eigenvalue weighted by molar-refractivity contribution is 0.0686. The number of carboxylic acids is 1. The third-order valence-corrected chi connectivity index (χ3v) is 2.14. The Morgan fingerprint density at radius 2 is 2.25 bits per heavy atom. The van der Waals surface area contributed by atoms with Crippen LogP contribution in [0.2, 0.25) is 0 Å². The van der Waals surface area contributed by atoms with Crippen LogP contribution >= 0.6 is 0 Å². The first-order chi connectivity index (χ1) is 7.54. The van der Waals surface area contributed by atoms with Gasteiger partial charge in [-0.15, -0.1) is 0 Å². The summed E-state index contributed by atoms with van der Waals surface area (Å²) >= 11 is 0. The quantitative estimate of drug-likeness (QED) is 0.765. The summed E-state index contributed by atoms with van der Waals surface area (Å²) in [7, 11) is 0. The molecule has 0 unspecified atom stereocenters. The largest absolute Gasteiger partial charge is 0.476 e. The second-order valence-corrected chi connectivity index (χ2v) is 3.95. The minimum absolute atomic E-state index is 0.0146. The van der Waals surface area contributed by atoms with E-state index in [0.29, 0.717) is 24.4 Å². The fourth-order valence-corrected chi connectivity index (χ4v) is 1.22. The Bertz CT molecular complexity index is 402. The number of rotatable bonds is 5. The van der Waals surface area contributed by atoms with Gasteiger partial charge >= 0.3 is 5.97 Å². The van der Waals surface area contributed by atoms with Crippen LogP contribution in [0.15, 0.2) is 6.20 Å². The van der Waals surface area contributed by atoms with E-state index in [-0.39, 0.29) is 11.3 Å². The summed E-state index contributed by atoms with van der Waals surface area (Å²) in [4.78, 5) is 29.2. The number of carbonyl (C=O) groups excluding carboxylic acids is 1. The zero-order chi connectivity index (χ0) is 12.1. The Morgan fingerprint density at radius 3 is 2.75 bits per heavy atom. The molecule has 1 aromatic rings. The molecule has 0 aromatic carbocycles. The van der Waals surface area contributed by atoms with E-state index in [1.165, 1.54) is 6.20 Å². The summed E-state index contributed by atoms with van der Waals surface area (Å²) in [6.45, 7) is 4.13. The molecule has 0 aliphatic carbocycles. The lowest BCUT2D eigenvalue weighted by Gasteiger charge is -2.05. The first-order valence-corrected chi connectivity index (χ1v) is 5.09. The highest BCUT2D eigenvalue weighted by Crippen LogP contribution is 2.08. The third-order valence-electron chi connectivity index (χ3n) is 2.14. The molecule has 1 rings (SSSR count). The average Bonchev–Trinajstić information content (AvgIpc) is 2.25. The normalized spacial score (nSPS) is 10.4. The van der Waals surface area contributed by atoms with E-state index in [9.17, 15) is 9.59 Å². The number of nitrogens with zero attached hydrogens (tertiary/aromatic N) is 2. The molecule has 1 N–H and O–H groups in total. The van der Waals surface area contributed by atoms with E-state index in [1.54, 1.807) is 0 Å². The van der Waals surface area contributed by atoms with Crippen LogP contribution in [-0.2, 0) is 6.42 Å². The summed E-state index contributed by atoms with van der Waals surface area (Å²) in [5.74, 6) is -0.227. The highest BCUT2D eigenvalue weighted by molar-refractivity contribution is 5.94. The molecule has 0 fully saturated rings. The van der Waals surface area contributed by atoms with Gasteiger partial charge in [-0.1, -0.05) is 13.8 Å². The molecule has 16 heavy (non-hydrogen) atoms. The summed E-state index contributed by atoms with van der Waals surface area (Å²) < 4.78 is 0. The van der Waals surface area contributed by atoms with Crippen molar-refractivity contribution in [2.75, 3.05) is 0 Å². The topological polar surface area (TPSA) is 80.2 Å².